The topological polar surface area (TPSA) is 92.3 Å². The number of carbonyl (C=O) groups is 1. The lowest BCUT2D eigenvalue weighted by molar-refractivity contribution is -0.130. The van der Waals surface area contributed by atoms with Crippen molar-refractivity contribution in [1.82, 2.24) is 14.9 Å². The van der Waals surface area contributed by atoms with Crippen molar-refractivity contribution in [1.29, 1.82) is 0 Å². The second-order valence-electron chi connectivity index (χ2n) is 8.28. The molecule has 2 aliphatic heterocycles. The largest absolute Gasteiger partial charge is 0.341 e. The van der Waals surface area contributed by atoms with Crippen molar-refractivity contribution in [3.63, 3.8) is 0 Å². The fourth-order valence-corrected chi connectivity index (χ4v) is 6.05. The number of amides is 1. The van der Waals surface area contributed by atoms with Crippen LogP contribution in [0.25, 0.3) is 0 Å². The lowest BCUT2D eigenvalue weighted by Gasteiger charge is -2.26. The third-order valence-electron chi connectivity index (χ3n) is 5.65. The lowest BCUT2D eigenvalue weighted by Crippen LogP contribution is -2.35. The van der Waals surface area contributed by atoms with Crippen molar-refractivity contribution in [2.45, 2.75) is 43.6 Å². The van der Waals surface area contributed by atoms with Crippen LogP contribution >= 0.6 is 0 Å². The maximum absolute atomic E-state index is 12.8. The zero-order valence-corrected chi connectivity index (χ0v) is 17.5. The molecule has 0 bridgehead atoms. The first-order chi connectivity index (χ1) is 13.8. The Balaban J connectivity index is 1.59. The number of sulfone groups is 1. The van der Waals surface area contributed by atoms with Crippen molar-refractivity contribution in [2.75, 3.05) is 18.4 Å². The van der Waals surface area contributed by atoms with E-state index in [-0.39, 0.29) is 24.1 Å². The van der Waals surface area contributed by atoms with E-state index in [0.29, 0.717) is 30.4 Å². The SMILES string of the molecule is CC(C)CCC(=O)N1C[C@@H]2c3nc(Nc4ccccc4)ncc3CS(=O)(=O)[C@@H]2C1. The summed E-state index contributed by atoms with van der Waals surface area (Å²) in [6.45, 7) is 4.82. The smallest absolute Gasteiger partial charge is 0.227 e. The lowest BCUT2D eigenvalue weighted by atomic mass is 10.00. The molecule has 3 heterocycles. The molecule has 0 saturated carbocycles. The van der Waals surface area contributed by atoms with E-state index < -0.39 is 15.1 Å². The molecule has 1 aromatic heterocycles. The van der Waals surface area contributed by atoms with Gasteiger partial charge in [0.05, 0.1) is 16.7 Å². The summed E-state index contributed by atoms with van der Waals surface area (Å²) in [5.74, 6) is 0.543. The fraction of sp³-hybridized carbons (Fsp3) is 0.476. The van der Waals surface area contributed by atoms with Crippen LogP contribution in [0.1, 0.15) is 43.9 Å². The summed E-state index contributed by atoms with van der Waals surface area (Å²) in [6.07, 6.45) is 2.86. The van der Waals surface area contributed by atoms with Gasteiger partial charge in [0.1, 0.15) is 0 Å². The van der Waals surface area contributed by atoms with Gasteiger partial charge in [-0.15, -0.1) is 0 Å². The molecule has 154 valence electrons. The molecule has 0 aliphatic carbocycles. The summed E-state index contributed by atoms with van der Waals surface area (Å²) >= 11 is 0. The van der Waals surface area contributed by atoms with Crippen LogP contribution in [0.4, 0.5) is 11.6 Å². The number of para-hydroxylation sites is 1. The van der Waals surface area contributed by atoms with Gasteiger partial charge in [-0.25, -0.2) is 18.4 Å². The van der Waals surface area contributed by atoms with Crippen molar-refractivity contribution < 1.29 is 13.2 Å². The number of anilines is 2. The molecule has 1 saturated heterocycles. The van der Waals surface area contributed by atoms with E-state index in [4.69, 9.17) is 0 Å². The van der Waals surface area contributed by atoms with Gasteiger partial charge in [-0.2, -0.15) is 0 Å². The van der Waals surface area contributed by atoms with Crippen LogP contribution < -0.4 is 5.32 Å². The highest BCUT2D eigenvalue weighted by Gasteiger charge is 2.48. The molecule has 7 nitrogen and oxygen atoms in total. The maximum Gasteiger partial charge on any atom is 0.227 e. The van der Waals surface area contributed by atoms with Crippen LogP contribution in [0.3, 0.4) is 0 Å². The molecule has 8 heteroatoms. The number of nitrogens with zero attached hydrogens (tertiary/aromatic N) is 3. The van der Waals surface area contributed by atoms with Gasteiger partial charge >= 0.3 is 0 Å². The van der Waals surface area contributed by atoms with Crippen LogP contribution in [0.15, 0.2) is 36.5 Å². The molecule has 0 spiro atoms. The number of benzene rings is 1. The molecular weight excluding hydrogens is 388 g/mol. The number of aromatic nitrogens is 2. The maximum atomic E-state index is 12.8. The van der Waals surface area contributed by atoms with E-state index in [0.717, 1.165) is 17.8 Å². The molecule has 2 aromatic rings. The first-order valence-electron chi connectivity index (χ1n) is 10.0. The summed E-state index contributed by atoms with van der Waals surface area (Å²) in [6, 6.07) is 9.60. The molecule has 29 heavy (non-hydrogen) atoms. The minimum absolute atomic E-state index is 0.0292. The quantitative estimate of drug-likeness (QED) is 0.809. The Morgan fingerprint density at radius 3 is 2.72 bits per heavy atom. The number of rotatable bonds is 5. The molecule has 0 unspecified atom stereocenters. The average Bonchev–Trinajstić information content (AvgIpc) is 3.14. The van der Waals surface area contributed by atoms with E-state index in [1.165, 1.54) is 0 Å². The summed E-state index contributed by atoms with van der Waals surface area (Å²) in [5.41, 5.74) is 2.25. The Hall–Kier alpha value is -2.48. The normalized spacial score (nSPS) is 22.2. The van der Waals surface area contributed by atoms with Gasteiger partial charge < -0.3 is 10.2 Å². The molecular formula is C21H26N4O3S. The van der Waals surface area contributed by atoms with E-state index in [1.807, 2.05) is 30.3 Å². The second kappa shape index (κ2) is 7.74. The number of likely N-dealkylation sites (tertiary alicyclic amines) is 1. The predicted octanol–water partition coefficient (Wildman–Crippen LogP) is 2.88. The average molecular weight is 415 g/mol. The van der Waals surface area contributed by atoms with Crippen LogP contribution in [0.5, 0.6) is 0 Å². The van der Waals surface area contributed by atoms with E-state index in [9.17, 15) is 13.2 Å². The predicted molar refractivity (Wildman–Crippen MR) is 112 cm³/mol. The van der Waals surface area contributed by atoms with E-state index >= 15 is 0 Å². The fourth-order valence-electron chi connectivity index (χ4n) is 4.06. The molecule has 4 rings (SSSR count). The number of fused-ring (bicyclic) bond motifs is 3. The summed E-state index contributed by atoms with van der Waals surface area (Å²) in [7, 11) is -3.34. The summed E-state index contributed by atoms with van der Waals surface area (Å²) in [5, 5.41) is 2.58. The van der Waals surface area contributed by atoms with Gasteiger partial charge in [-0.1, -0.05) is 32.0 Å². The van der Waals surface area contributed by atoms with Crippen molar-refractivity contribution >= 4 is 27.4 Å². The van der Waals surface area contributed by atoms with Gasteiger partial charge in [0.15, 0.2) is 9.84 Å². The van der Waals surface area contributed by atoms with Gasteiger partial charge in [0.2, 0.25) is 11.9 Å². The first kappa shape index (κ1) is 19.8. The second-order valence-corrected chi connectivity index (χ2v) is 10.5. The van der Waals surface area contributed by atoms with Crippen molar-refractivity contribution in [2.24, 2.45) is 5.92 Å². The van der Waals surface area contributed by atoms with Gasteiger partial charge in [-0.3, -0.25) is 4.79 Å². The number of carbonyl (C=O) groups excluding carboxylic acids is 1. The standard InChI is InChI=1S/C21H26N4O3S/c1-14(2)8-9-19(26)25-11-17-18(12-25)29(27,28)13-15-10-22-21(24-20(15)17)23-16-6-4-3-5-7-16/h3-7,10,14,17-18H,8-9,11-13H2,1-2H3,(H,22,23,24)/t17-,18+/m0/s1. The molecule has 0 radical (unpaired) electrons. The summed E-state index contributed by atoms with van der Waals surface area (Å²) in [4.78, 5) is 23.3. The molecule has 1 fully saturated rings. The monoisotopic (exact) mass is 414 g/mol. The zero-order chi connectivity index (χ0) is 20.6. The Labute approximate surface area is 171 Å². The Morgan fingerprint density at radius 1 is 1.24 bits per heavy atom. The third kappa shape index (κ3) is 4.12. The first-order valence-corrected chi connectivity index (χ1v) is 11.7. The van der Waals surface area contributed by atoms with Gasteiger partial charge in [0.25, 0.3) is 0 Å². The van der Waals surface area contributed by atoms with Crippen molar-refractivity contribution in [3.05, 3.63) is 47.8 Å². The number of hydrogen-bond acceptors (Lipinski definition) is 6. The highest BCUT2D eigenvalue weighted by molar-refractivity contribution is 7.91. The zero-order valence-electron chi connectivity index (χ0n) is 16.7. The molecule has 1 N–H and O–H groups in total. The minimum atomic E-state index is -3.34. The van der Waals surface area contributed by atoms with E-state index in [2.05, 4.69) is 29.1 Å². The van der Waals surface area contributed by atoms with Crippen LogP contribution in [0.2, 0.25) is 0 Å². The summed E-state index contributed by atoms with van der Waals surface area (Å²) < 4.78 is 25.7. The van der Waals surface area contributed by atoms with Crippen LogP contribution in [-0.4, -0.2) is 47.5 Å². The van der Waals surface area contributed by atoms with Crippen LogP contribution in [-0.2, 0) is 20.4 Å². The Kier molecular flexibility index (Phi) is 5.29. The van der Waals surface area contributed by atoms with Gasteiger partial charge in [-0.05, 0) is 24.5 Å². The molecule has 2 atom stereocenters. The Morgan fingerprint density at radius 2 is 2.00 bits per heavy atom. The molecule has 1 aromatic carbocycles. The highest BCUT2D eigenvalue weighted by Crippen LogP contribution is 2.39. The number of hydrogen-bond donors (Lipinski definition) is 1. The molecule has 1 amide bonds. The highest BCUT2D eigenvalue weighted by atomic mass is 32.2. The minimum Gasteiger partial charge on any atom is -0.341 e. The van der Waals surface area contributed by atoms with Crippen molar-refractivity contribution in [3.8, 4) is 0 Å². The van der Waals surface area contributed by atoms with Gasteiger partial charge in [0, 0.05) is 42.9 Å². The number of nitrogens with one attached hydrogen (secondary N) is 1. The van der Waals surface area contributed by atoms with E-state index in [1.54, 1.807) is 11.1 Å². The molecule has 2 aliphatic rings. The third-order valence-corrected chi connectivity index (χ3v) is 7.77. The van der Waals surface area contributed by atoms with Crippen LogP contribution in [0, 0.1) is 5.92 Å². The Bertz CT molecular complexity index is 1010.